The number of carbonyl (C=O) groups excluding carboxylic acids is 1. The average molecular weight is 426 g/mol. The number of nitrogens with one attached hydrogen (secondary N) is 3. The van der Waals surface area contributed by atoms with Gasteiger partial charge in [0.15, 0.2) is 17.5 Å². The molecule has 3 N–H and O–H groups in total. The fourth-order valence-corrected chi connectivity index (χ4v) is 2.98. The van der Waals surface area contributed by atoms with Crippen molar-refractivity contribution in [1.82, 2.24) is 20.2 Å². The fraction of sp³-hybridized carbons (Fsp3) is 0.100. The van der Waals surface area contributed by atoms with Crippen LogP contribution in [0.4, 0.5) is 27.4 Å². The molecule has 0 aliphatic carbocycles. The van der Waals surface area contributed by atoms with Crippen molar-refractivity contribution in [3.05, 3.63) is 65.3 Å². The molecule has 0 radical (unpaired) electrons. The van der Waals surface area contributed by atoms with Crippen LogP contribution in [0.5, 0.6) is 0 Å². The van der Waals surface area contributed by atoms with E-state index in [1.165, 1.54) is 0 Å². The molecule has 10 heteroatoms. The number of hydrogen-bond acceptors (Lipinski definition) is 6. The molecule has 0 saturated carbocycles. The third-order valence-electron chi connectivity index (χ3n) is 4.42. The molecule has 1 amide bonds. The molecule has 152 valence electrons. The number of fused-ring (bicyclic) bond motifs is 1. The predicted molar refractivity (Wildman–Crippen MR) is 115 cm³/mol. The summed E-state index contributed by atoms with van der Waals surface area (Å²) in [5.74, 6) is -0.622. The van der Waals surface area contributed by atoms with Crippen LogP contribution in [0.25, 0.3) is 10.9 Å². The average Bonchev–Trinajstić information content (AvgIpc) is 3.13. The van der Waals surface area contributed by atoms with Crippen LogP contribution in [-0.2, 0) is 0 Å². The summed E-state index contributed by atoms with van der Waals surface area (Å²) in [5.41, 5.74) is 2.75. The molecule has 0 spiro atoms. The molecule has 0 unspecified atom stereocenters. The first-order valence-electron chi connectivity index (χ1n) is 8.92. The lowest BCUT2D eigenvalue weighted by molar-refractivity contribution is 0.102. The molecule has 4 rings (SSSR count). The maximum absolute atomic E-state index is 13.9. The first-order valence-corrected chi connectivity index (χ1v) is 9.30. The highest BCUT2D eigenvalue weighted by Crippen LogP contribution is 2.27. The molecule has 2 aromatic heterocycles. The molecule has 4 aromatic rings. The second kappa shape index (κ2) is 7.96. The van der Waals surface area contributed by atoms with Gasteiger partial charge in [0.05, 0.1) is 11.7 Å². The number of halogens is 2. The number of aromatic amines is 1. The van der Waals surface area contributed by atoms with E-state index >= 15 is 0 Å². The minimum absolute atomic E-state index is 0.0515. The summed E-state index contributed by atoms with van der Waals surface area (Å²) < 4.78 is 13.9. The Labute approximate surface area is 176 Å². The molecule has 2 aromatic carbocycles. The first-order chi connectivity index (χ1) is 14.4. The van der Waals surface area contributed by atoms with Gasteiger partial charge < -0.3 is 15.5 Å². The molecule has 0 fully saturated rings. The van der Waals surface area contributed by atoms with Gasteiger partial charge in [0.1, 0.15) is 0 Å². The summed E-state index contributed by atoms with van der Waals surface area (Å²) in [4.78, 5) is 22.0. The van der Waals surface area contributed by atoms with E-state index < -0.39 is 5.82 Å². The lowest BCUT2D eigenvalue weighted by atomic mass is 10.1. The number of nitrogens with zero attached hydrogens (tertiary/aromatic N) is 4. The second-order valence-electron chi connectivity index (χ2n) is 6.69. The molecular formula is C20H17ClFN7O. The van der Waals surface area contributed by atoms with Crippen molar-refractivity contribution < 1.29 is 9.18 Å². The molecule has 30 heavy (non-hydrogen) atoms. The fourth-order valence-electron chi connectivity index (χ4n) is 2.85. The zero-order chi connectivity index (χ0) is 21.3. The third kappa shape index (κ3) is 4.01. The Bertz CT molecular complexity index is 1220. The SMILES string of the molecule is CN(C)c1ccc(C(=O)Nc2n[nH]c3ccc(Nc4nc(Cl)ncc4F)cc23)cc1. The van der Waals surface area contributed by atoms with E-state index in [1.807, 2.05) is 31.1 Å². The standard InChI is InChI=1S/C20H17ClFN7O/c1-29(2)13-6-3-11(4-7-13)19(30)25-17-14-9-12(5-8-16(14)27-28-17)24-18-15(22)10-23-20(21)26-18/h3-10H,1-2H3,(H,23,24,26)(H2,25,27,28,30). The molecule has 0 aliphatic heterocycles. The van der Waals surface area contributed by atoms with Crippen LogP contribution in [0.2, 0.25) is 5.28 Å². The van der Waals surface area contributed by atoms with Crippen LogP contribution >= 0.6 is 11.6 Å². The van der Waals surface area contributed by atoms with E-state index in [0.29, 0.717) is 28.0 Å². The minimum Gasteiger partial charge on any atom is -0.378 e. The van der Waals surface area contributed by atoms with E-state index in [9.17, 15) is 9.18 Å². The van der Waals surface area contributed by atoms with E-state index in [0.717, 1.165) is 11.9 Å². The van der Waals surface area contributed by atoms with E-state index in [-0.39, 0.29) is 17.0 Å². The summed E-state index contributed by atoms with van der Waals surface area (Å²) in [6.45, 7) is 0. The maximum Gasteiger partial charge on any atom is 0.256 e. The number of anilines is 4. The van der Waals surface area contributed by atoms with Crippen molar-refractivity contribution in [1.29, 1.82) is 0 Å². The number of aromatic nitrogens is 4. The van der Waals surface area contributed by atoms with Gasteiger partial charge in [-0.05, 0) is 54.1 Å². The van der Waals surface area contributed by atoms with Crippen molar-refractivity contribution >= 4 is 51.4 Å². The highest BCUT2D eigenvalue weighted by atomic mass is 35.5. The molecule has 0 bridgehead atoms. The zero-order valence-electron chi connectivity index (χ0n) is 16.1. The Morgan fingerprint density at radius 1 is 1.13 bits per heavy atom. The molecule has 2 heterocycles. The van der Waals surface area contributed by atoms with Gasteiger partial charge in [-0.2, -0.15) is 10.1 Å². The van der Waals surface area contributed by atoms with Gasteiger partial charge in [0.25, 0.3) is 5.91 Å². The van der Waals surface area contributed by atoms with Gasteiger partial charge in [-0.15, -0.1) is 0 Å². The number of amides is 1. The van der Waals surface area contributed by atoms with Crippen LogP contribution in [0, 0.1) is 5.82 Å². The van der Waals surface area contributed by atoms with Gasteiger partial charge in [-0.25, -0.2) is 9.37 Å². The van der Waals surface area contributed by atoms with Gasteiger partial charge in [-0.3, -0.25) is 9.89 Å². The molecule has 0 aliphatic rings. The van der Waals surface area contributed by atoms with Crippen molar-refractivity contribution in [2.24, 2.45) is 0 Å². The molecule has 0 saturated heterocycles. The summed E-state index contributed by atoms with van der Waals surface area (Å²) in [6.07, 6.45) is 0.987. The summed E-state index contributed by atoms with van der Waals surface area (Å²) in [5, 5.41) is 13.3. The van der Waals surface area contributed by atoms with Crippen molar-refractivity contribution in [2.45, 2.75) is 0 Å². The topological polar surface area (TPSA) is 98.8 Å². The Morgan fingerprint density at radius 3 is 2.63 bits per heavy atom. The minimum atomic E-state index is -0.638. The summed E-state index contributed by atoms with van der Waals surface area (Å²) >= 11 is 5.73. The van der Waals surface area contributed by atoms with E-state index in [4.69, 9.17) is 11.6 Å². The summed E-state index contributed by atoms with van der Waals surface area (Å²) in [7, 11) is 3.86. The number of carbonyl (C=O) groups is 1. The van der Waals surface area contributed by atoms with E-state index in [2.05, 4.69) is 30.8 Å². The Hall–Kier alpha value is -3.72. The van der Waals surface area contributed by atoms with Crippen LogP contribution in [0.3, 0.4) is 0 Å². The Morgan fingerprint density at radius 2 is 1.90 bits per heavy atom. The van der Waals surface area contributed by atoms with Gasteiger partial charge >= 0.3 is 0 Å². The monoisotopic (exact) mass is 425 g/mol. The Balaban J connectivity index is 1.58. The van der Waals surface area contributed by atoms with E-state index in [1.54, 1.807) is 30.3 Å². The van der Waals surface area contributed by atoms with Gasteiger partial charge in [0, 0.05) is 36.4 Å². The van der Waals surface area contributed by atoms with Crippen molar-refractivity contribution in [2.75, 3.05) is 29.6 Å². The molecular weight excluding hydrogens is 409 g/mol. The first kappa shape index (κ1) is 19.6. The largest absolute Gasteiger partial charge is 0.378 e. The highest BCUT2D eigenvalue weighted by Gasteiger charge is 2.13. The highest BCUT2D eigenvalue weighted by molar-refractivity contribution is 6.28. The normalized spacial score (nSPS) is 10.8. The van der Waals surface area contributed by atoms with Crippen molar-refractivity contribution in [3.63, 3.8) is 0 Å². The number of rotatable bonds is 5. The third-order valence-corrected chi connectivity index (χ3v) is 4.60. The number of hydrogen-bond donors (Lipinski definition) is 3. The predicted octanol–water partition coefficient (Wildman–Crippen LogP) is 4.21. The smallest absolute Gasteiger partial charge is 0.256 e. The quantitative estimate of drug-likeness (QED) is 0.414. The van der Waals surface area contributed by atoms with Crippen LogP contribution < -0.4 is 15.5 Å². The van der Waals surface area contributed by atoms with Crippen molar-refractivity contribution in [3.8, 4) is 0 Å². The molecule has 0 atom stereocenters. The van der Waals surface area contributed by atoms with Gasteiger partial charge in [0.2, 0.25) is 5.28 Å². The number of H-pyrrole nitrogens is 1. The van der Waals surface area contributed by atoms with Crippen LogP contribution in [-0.4, -0.2) is 40.2 Å². The second-order valence-corrected chi connectivity index (χ2v) is 7.03. The lowest BCUT2D eigenvalue weighted by Gasteiger charge is -2.12. The summed E-state index contributed by atoms with van der Waals surface area (Å²) in [6, 6.07) is 12.4. The Kier molecular flexibility index (Phi) is 5.20. The zero-order valence-corrected chi connectivity index (χ0v) is 16.8. The van der Waals surface area contributed by atoms with Gasteiger partial charge in [-0.1, -0.05) is 0 Å². The van der Waals surface area contributed by atoms with Crippen LogP contribution in [0.1, 0.15) is 10.4 Å². The molecule has 8 nitrogen and oxygen atoms in total. The maximum atomic E-state index is 13.9. The lowest BCUT2D eigenvalue weighted by Crippen LogP contribution is -2.13. The number of benzene rings is 2. The van der Waals surface area contributed by atoms with Crippen LogP contribution in [0.15, 0.2) is 48.7 Å².